The fourth-order valence-corrected chi connectivity index (χ4v) is 2.86. The van der Waals surface area contributed by atoms with Crippen molar-refractivity contribution in [2.24, 2.45) is 0 Å². The van der Waals surface area contributed by atoms with Crippen LogP contribution in [0.4, 0.5) is 0 Å². The van der Waals surface area contributed by atoms with Crippen LogP contribution in [0.3, 0.4) is 0 Å². The third kappa shape index (κ3) is 1.79. The molecule has 3 heterocycles. The lowest BCUT2D eigenvalue weighted by atomic mass is 10.3. The molecule has 3 rings (SSSR count). The summed E-state index contributed by atoms with van der Waals surface area (Å²) >= 11 is 5.28. The molecule has 0 aliphatic rings. The van der Waals surface area contributed by atoms with E-state index in [1.54, 1.807) is 11.3 Å². The summed E-state index contributed by atoms with van der Waals surface area (Å²) in [5.74, 6) is 0. The molecule has 0 amide bonds. The van der Waals surface area contributed by atoms with Crippen LogP contribution in [0, 0.1) is 0 Å². The van der Waals surface area contributed by atoms with Crippen LogP contribution in [-0.4, -0.2) is 9.38 Å². The fraction of sp³-hybridized carbons (Fsp3) is 0.0833. The predicted octanol–water partition coefficient (Wildman–Crippen LogP) is 3.75. The van der Waals surface area contributed by atoms with E-state index in [0.29, 0.717) is 0 Å². The van der Waals surface area contributed by atoms with Gasteiger partial charge in [-0.3, -0.25) is 4.40 Å². The number of fused-ring (bicyclic) bond motifs is 1. The molecule has 0 spiro atoms. The molecule has 0 saturated carbocycles. The molecule has 0 aliphatic carbocycles. The van der Waals surface area contributed by atoms with Gasteiger partial charge in [0.15, 0.2) is 0 Å². The van der Waals surface area contributed by atoms with Crippen molar-refractivity contribution >= 4 is 32.9 Å². The topological polar surface area (TPSA) is 17.3 Å². The second-order valence-electron chi connectivity index (χ2n) is 3.57. The lowest BCUT2D eigenvalue weighted by Crippen LogP contribution is -1.83. The van der Waals surface area contributed by atoms with Crippen LogP contribution in [0.25, 0.3) is 5.65 Å². The Hall–Kier alpha value is -1.13. The number of imidazole rings is 1. The van der Waals surface area contributed by atoms with Gasteiger partial charge in [0.2, 0.25) is 0 Å². The third-order valence-electron chi connectivity index (χ3n) is 2.43. The average molecular weight is 293 g/mol. The van der Waals surface area contributed by atoms with Crippen LogP contribution in [0.2, 0.25) is 0 Å². The molecule has 16 heavy (non-hydrogen) atoms. The number of hydrogen-bond donors (Lipinski definition) is 0. The van der Waals surface area contributed by atoms with Gasteiger partial charge in [-0.2, -0.15) is 0 Å². The second kappa shape index (κ2) is 4.03. The van der Waals surface area contributed by atoms with Gasteiger partial charge >= 0.3 is 0 Å². The van der Waals surface area contributed by atoms with E-state index in [4.69, 9.17) is 0 Å². The number of halogens is 1. The first-order valence-corrected chi connectivity index (χ1v) is 6.65. The van der Waals surface area contributed by atoms with Gasteiger partial charge in [0.25, 0.3) is 0 Å². The molecule has 0 atom stereocenters. The highest BCUT2D eigenvalue weighted by Crippen LogP contribution is 2.18. The van der Waals surface area contributed by atoms with E-state index in [9.17, 15) is 0 Å². The van der Waals surface area contributed by atoms with Gasteiger partial charge in [0.1, 0.15) is 5.65 Å². The fourth-order valence-electron chi connectivity index (χ4n) is 1.70. The first-order chi connectivity index (χ1) is 7.83. The van der Waals surface area contributed by atoms with E-state index in [-0.39, 0.29) is 0 Å². The number of pyridine rings is 1. The molecule has 80 valence electrons. The van der Waals surface area contributed by atoms with Crippen LogP contribution < -0.4 is 0 Å². The van der Waals surface area contributed by atoms with Crippen molar-refractivity contribution in [3.8, 4) is 0 Å². The number of hydrogen-bond acceptors (Lipinski definition) is 2. The van der Waals surface area contributed by atoms with E-state index < -0.39 is 0 Å². The summed E-state index contributed by atoms with van der Waals surface area (Å²) in [6.07, 6.45) is 2.99. The monoisotopic (exact) mass is 292 g/mol. The van der Waals surface area contributed by atoms with Crippen LogP contribution in [0.1, 0.15) is 10.6 Å². The molecular weight excluding hydrogens is 284 g/mol. The van der Waals surface area contributed by atoms with E-state index in [0.717, 1.165) is 22.4 Å². The maximum atomic E-state index is 4.59. The Kier molecular flexibility index (Phi) is 2.53. The Bertz CT molecular complexity index is 613. The predicted molar refractivity (Wildman–Crippen MR) is 70.0 cm³/mol. The maximum Gasteiger partial charge on any atom is 0.137 e. The van der Waals surface area contributed by atoms with Crippen LogP contribution >= 0.6 is 27.3 Å². The Morgan fingerprint density at radius 1 is 1.25 bits per heavy atom. The van der Waals surface area contributed by atoms with E-state index >= 15 is 0 Å². The normalized spacial score (nSPS) is 11.1. The molecule has 3 aromatic rings. The molecule has 0 radical (unpaired) electrons. The van der Waals surface area contributed by atoms with E-state index in [1.807, 2.05) is 18.2 Å². The zero-order chi connectivity index (χ0) is 11.0. The van der Waals surface area contributed by atoms with E-state index in [1.165, 1.54) is 4.88 Å². The highest BCUT2D eigenvalue weighted by molar-refractivity contribution is 9.10. The quantitative estimate of drug-likeness (QED) is 0.658. The number of nitrogens with zero attached hydrogens (tertiary/aromatic N) is 2. The lowest BCUT2D eigenvalue weighted by Gasteiger charge is -1.94. The zero-order valence-corrected chi connectivity index (χ0v) is 10.8. The summed E-state index contributed by atoms with van der Waals surface area (Å²) < 4.78 is 3.10. The van der Waals surface area contributed by atoms with Gasteiger partial charge in [-0.15, -0.1) is 11.3 Å². The smallest absolute Gasteiger partial charge is 0.137 e. The van der Waals surface area contributed by atoms with Crippen LogP contribution in [0.5, 0.6) is 0 Å². The van der Waals surface area contributed by atoms with Gasteiger partial charge in [-0.05, 0) is 39.5 Å². The largest absolute Gasteiger partial charge is 0.294 e. The summed E-state index contributed by atoms with van der Waals surface area (Å²) in [7, 11) is 0. The van der Waals surface area contributed by atoms with Gasteiger partial charge in [0, 0.05) is 17.5 Å². The highest BCUT2D eigenvalue weighted by Gasteiger charge is 2.04. The van der Waals surface area contributed by atoms with Gasteiger partial charge < -0.3 is 0 Å². The number of rotatable bonds is 2. The zero-order valence-electron chi connectivity index (χ0n) is 8.43. The molecule has 2 nitrogen and oxygen atoms in total. The van der Waals surface area contributed by atoms with Gasteiger partial charge in [0.05, 0.1) is 10.3 Å². The van der Waals surface area contributed by atoms with Crippen LogP contribution in [-0.2, 0) is 6.42 Å². The molecule has 0 bridgehead atoms. The molecule has 4 heteroatoms. The molecule has 0 unspecified atom stereocenters. The Balaban J connectivity index is 2.02. The number of aromatic nitrogens is 2. The van der Waals surface area contributed by atoms with Crippen molar-refractivity contribution in [2.75, 3.05) is 0 Å². The lowest BCUT2D eigenvalue weighted by molar-refractivity contribution is 1.12. The van der Waals surface area contributed by atoms with Crippen molar-refractivity contribution in [1.29, 1.82) is 0 Å². The maximum absolute atomic E-state index is 4.59. The molecule has 0 saturated heterocycles. The van der Waals surface area contributed by atoms with Crippen molar-refractivity contribution in [1.82, 2.24) is 9.38 Å². The molecular formula is C12H9BrN2S. The van der Waals surface area contributed by atoms with Crippen molar-refractivity contribution in [3.63, 3.8) is 0 Å². The van der Waals surface area contributed by atoms with Crippen LogP contribution in [0.15, 0.2) is 46.5 Å². The SMILES string of the molecule is Brc1cccc2nc(Cc3cccs3)cn12. The molecule has 0 N–H and O–H groups in total. The van der Waals surface area contributed by atoms with Crippen molar-refractivity contribution in [2.45, 2.75) is 6.42 Å². The minimum atomic E-state index is 0.909. The molecule has 3 aromatic heterocycles. The molecule has 0 fully saturated rings. The third-order valence-corrected chi connectivity index (χ3v) is 3.95. The van der Waals surface area contributed by atoms with Gasteiger partial charge in [-0.25, -0.2) is 4.98 Å². The highest BCUT2D eigenvalue weighted by atomic mass is 79.9. The Labute approximate surface area is 106 Å². The summed E-state index contributed by atoms with van der Waals surface area (Å²) in [5.41, 5.74) is 2.09. The first-order valence-electron chi connectivity index (χ1n) is 4.98. The van der Waals surface area contributed by atoms with Gasteiger partial charge in [-0.1, -0.05) is 12.1 Å². The first kappa shape index (κ1) is 10.1. The minimum Gasteiger partial charge on any atom is -0.294 e. The summed E-state index contributed by atoms with van der Waals surface area (Å²) in [6.45, 7) is 0. The average Bonchev–Trinajstić information content (AvgIpc) is 2.88. The van der Waals surface area contributed by atoms with Crippen molar-refractivity contribution in [3.05, 3.63) is 57.1 Å². The summed E-state index contributed by atoms with van der Waals surface area (Å²) in [4.78, 5) is 5.93. The Morgan fingerprint density at radius 2 is 2.19 bits per heavy atom. The van der Waals surface area contributed by atoms with Crippen molar-refractivity contribution < 1.29 is 0 Å². The molecule has 0 aliphatic heterocycles. The summed E-state index contributed by atoms with van der Waals surface area (Å²) in [6, 6.07) is 10.3. The van der Waals surface area contributed by atoms with E-state index in [2.05, 4.69) is 49.0 Å². The number of thiophene rings is 1. The summed E-state index contributed by atoms with van der Waals surface area (Å²) in [5, 5.41) is 2.10. The Morgan fingerprint density at radius 3 is 2.94 bits per heavy atom. The molecule has 0 aromatic carbocycles. The second-order valence-corrected chi connectivity index (χ2v) is 5.41. The minimum absolute atomic E-state index is 0.909. The standard InChI is InChI=1S/C12H9BrN2S/c13-11-4-1-5-12-14-9(8-15(11)12)7-10-3-2-6-16-10/h1-6,8H,7H2.